The highest BCUT2D eigenvalue weighted by Crippen LogP contribution is 2.33. The fraction of sp³-hybridized carbons (Fsp3) is 0.286. The van der Waals surface area contributed by atoms with Gasteiger partial charge in [-0.1, -0.05) is 12.1 Å². The number of hydrogen-bond acceptors (Lipinski definition) is 6. The minimum Gasteiger partial charge on any atom is -0.496 e. The van der Waals surface area contributed by atoms with Gasteiger partial charge in [0.1, 0.15) is 11.4 Å². The van der Waals surface area contributed by atoms with Crippen LogP contribution in [0.4, 0.5) is 11.6 Å². The summed E-state index contributed by atoms with van der Waals surface area (Å²) < 4.78 is 5.37. The van der Waals surface area contributed by atoms with Gasteiger partial charge in [-0.3, -0.25) is 0 Å². The van der Waals surface area contributed by atoms with E-state index in [2.05, 4.69) is 15.3 Å². The number of aromatic nitrogens is 2. The molecule has 6 nitrogen and oxygen atoms in total. The molecule has 0 aliphatic carbocycles. The molecule has 0 aliphatic rings. The topological polar surface area (TPSA) is 99.1 Å². The standard InChI is InChI=1S/C14H19N5O/c1-20-12-6-3-2-5-10(12)13-11(17-8-4-7-15)9-18-14(16)19-13/h2-3,5-6,9,17H,4,7-8,15H2,1H3,(H2,16,18,19). The van der Waals surface area contributed by atoms with E-state index >= 15 is 0 Å². The molecule has 0 amide bonds. The van der Waals surface area contributed by atoms with Crippen LogP contribution in [0, 0.1) is 0 Å². The Kier molecular flexibility index (Phi) is 4.73. The third kappa shape index (κ3) is 3.16. The van der Waals surface area contributed by atoms with E-state index < -0.39 is 0 Å². The van der Waals surface area contributed by atoms with Crippen LogP contribution in [0.15, 0.2) is 30.5 Å². The van der Waals surface area contributed by atoms with Crippen LogP contribution in [0.25, 0.3) is 11.3 Å². The summed E-state index contributed by atoms with van der Waals surface area (Å²) in [5.41, 5.74) is 13.6. The monoisotopic (exact) mass is 273 g/mol. The number of hydrogen-bond donors (Lipinski definition) is 3. The molecular formula is C14H19N5O. The minimum atomic E-state index is 0.232. The fourth-order valence-corrected chi connectivity index (χ4v) is 1.90. The van der Waals surface area contributed by atoms with Crippen LogP contribution in [0.1, 0.15) is 6.42 Å². The zero-order chi connectivity index (χ0) is 14.4. The number of nitrogen functional groups attached to an aromatic ring is 1. The molecule has 0 radical (unpaired) electrons. The second-order valence-electron chi connectivity index (χ2n) is 4.26. The van der Waals surface area contributed by atoms with Gasteiger partial charge >= 0.3 is 0 Å². The Bertz CT molecular complexity index is 573. The molecule has 2 rings (SSSR count). The Morgan fingerprint density at radius 2 is 2.10 bits per heavy atom. The summed E-state index contributed by atoms with van der Waals surface area (Å²) in [7, 11) is 1.63. The Morgan fingerprint density at radius 3 is 2.85 bits per heavy atom. The number of nitrogens with one attached hydrogen (secondary N) is 1. The molecule has 0 saturated carbocycles. The Labute approximate surface area is 118 Å². The van der Waals surface area contributed by atoms with E-state index in [1.807, 2.05) is 24.3 Å². The lowest BCUT2D eigenvalue weighted by molar-refractivity contribution is 0.416. The summed E-state index contributed by atoms with van der Waals surface area (Å²) in [5.74, 6) is 0.975. The first kappa shape index (κ1) is 14.1. The van der Waals surface area contributed by atoms with Gasteiger partial charge in [0.05, 0.1) is 19.0 Å². The van der Waals surface area contributed by atoms with Crippen LogP contribution in [-0.2, 0) is 0 Å². The van der Waals surface area contributed by atoms with Crippen LogP contribution in [0.3, 0.4) is 0 Å². The molecule has 0 atom stereocenters. The van der Waals surface area contributed by atoms with Gasteiger partial charge in [-0.05, 0) is 25.1 Å². The summed E-state index contributed by atoms with van der Waals surface area (Å²) >= 11 is 0. The zero-order valence-corrected chi connectivity index (χ0v) is 11.5. The van der Waals surface area contributed by atoms with Crippen molar-refractivity contribution < 1.29 is 4.74 Å². The van der Waals surface area contributed by atoms with E-state index in [0.717, 1.165) is 35.7 Å². The summed E-state index contributed by atoms with van der Waals surface area (Å²) in [4.78, 5) is 8.36. The molecule has 5 N–H and O–H groups in total. The number of rotatable bonds is 6. The van der Waals surface area contributed by atoms with E-state index in [1.54, 1.807) is 13.3 Å². The number of nitrogens with two attached hydrogens (primary N) is 2. The summed E-state index contributed by atoms with van der Waals surface area (Å²) in [6.45, 7) is 1.39. The maximum absolute atomic E-state index is 5.70. The summed E-state index contributed by atoms with van der Waals surface area (Å²) in [6, 6.07) is 7.67. The van der Waals surface area contributed by atoms with Crippen molar-refractivity contribution in [3.63, 3.8) is 0 Å². The van der Waals surface area contributed by atoms with Crippen LogP contribution in [-0.4, -0.2) is 30.2 Å². The Hall–Kier alpha value is -2.34. The predicted molar refractivity (Wildman–Crippen MR) is 80.6 cm³/mol. The highest BCUT2D eigenvalue weighted by molar-refractivity contribution is 5.78. The van der Waals surface area contributed by atoms with Crippen molar-refractivity contribution in [3.8, 4) is 17.0 Å². The number of methoxy groups -OCH3 is 1. The van der Waals surface area contributed by atoms with E-state index in [4.69, 9.17) is 16.2 Å². The van der Waals surface area contributed by atoms with Gasteiger partial charge in [-0.25, -0.2) is 9.97 Å². The van der Waals surface area contributed by atoms with Crippen LogP contribution in [0.2, 0.25) is 0 Å². The van der Waals surface area contributed by atoms with E-state index in [0.29, 0.717) is 6.54 Å². The molecular weight excluding hydrogens is 254 g/mol. The Morgan fingerprint density at radius 1 is 1.30 bits per heavy atom. The van der Waals surface area contributed by atoms with Crippen molar-refractivity contribution in [2.24, 2.45) is 5.73 Å². The number of benzene rings is 1. The number of anilines is 2. The third-order valence-corrected chi connectivity index (χ3v) is 2.87. The first-order chi connectivity index (χ1) is 9.76. The first-order valence-electron chi connectivity index (χ1n) is 6.46. The molecule has 0 saturated heterocycles. The fourth-order valence-electron chi connectivity index (χ4n) is 1.90. The van der Waals surface area contributed by atoms with E-state index in [9.17, 15) is 0 Å². The molecule has 1 aromatic heterocycles. The molecule has 20 heavy (non-hydrogen) atoms. The molecule has 0 aliphatic heterocycles. The minimum absolute atomic E-state index is 0.232. The van der Waals surface area contributed by atoms with E-state index in [1.165, 1.54) is 0 Å². The van der Waals surface area contributed by atoms with E-state index in [-0.39, 0.29) is 5.95 Å². The van der Waals surface area contributed by atoms with Gasteiger partial charge in [0.25, 0.3) is 0 Å². The molecule has 1 heterocycles. The summed E-state index contributed by atoms with van der Waals surface area (Å²) in [6.07, 6.45) is 2.55. The van der Waals surface area contributed by atoms with Crippen LogP contribution >= 0.6 is 0 Å². The van der Waals surface area contributed by atoms with Crippen molar-refractivity contribution in [2.45, 2.75) is 6.42 Å². The molecule has 1 aromatic carbocycles. The molecule has 0 spiro atoms. The first-order valence-corrected chi connectivity index (χ1v) is 6.46. The van der Waals surface area contributed by atoms with Crippen LogP contribution in [0.5, 0.6) is 5.75 Å². The molecule has 0 bridgehead atoms. The smallest absolute Gasteiger partial charge is 0.220 e. The molecule has 0 fully saturated rings. The van der Waals surface area contributed by atoms with Crippen molar-refractivity contribution in [1.29, 1.82) is 0 Å². The quantitative estimate of drug-likeness (QED) is 0.690. The number of para-hydroxylation sites is 1. The second kappa shape index (κ2) is 6.72. The SMILES string of the molecule is COc1ccccc1-c1nc(N)ncc1NCCCN. The summed E-state index contributed by atoms with van der Waals surface area (Å²) in [5, 5.41) is 3.28. The maximum Gasteiger partial charge on any atom is 0.220 e. The van der Waals surface area contributed by atoms with Crippen LogP contribution < -0.4 is 21.5 Å². The van der Waals surface area contributed by atoms with Crippen molar-refractivity contribution >= 4 is 11.6 Å². The average Bonchev–Trinajstić information content (AvgIpc) is 2.49. The van der Waals surface area contributed by atoms with Gasteiger partial charge < -0.3 is 21.5 Å². The van der Waals surface area contributed by atoms with Gasteiger partial charge in [-0.2, -0.15) is 0 Å². The lowest BCUT2D eigenvalue weighted by Gasteiger charge is -2.13. The predicted octanol–water partition coefficient (Wildman–Crippen LogP) is 1.50. The van der Waals surface area contributed by atoms with Gasteiger partial charge in [0, 0.05) is 12.1 Å². The highest BCUT2D eigenvalue weighted by atomic mass is 16.5. The zero-order valence-electron chi connectivity index (χ0n) is 11.5. The van der Waals surface area contributed by atoms with Crippen molar-refractivity contribution in [3.05, 3.63) is 30.5 Å². The average molecular weight is 273 g/mol. The Balaban J connectivity index is 2.40. The normalized spacial score (nSPS) is 10.3. The van der Waals surface area contributed by atoms with Crippen molar-refractivity contribution in [2.75, 3.05) is 31.2 Å². The lowest BCUT2D eigenvalue weighted by Crippen LogP contribution is -2.10. The number of nitrogens with zero attached hydrogens (tertiary/aromatic N) is 2. The third-order valence-electron chi connectivity index (χ3n) is 2.87. The second-order valence-corrected chi connectivity index (χ2v) is 4.26. The lowest BCUT2D eigenvalue weighted by atomic mass is 10.1. The largest absolute Gasteiger partial charge is 0.496 e. The molecule has 6 heteroatoms. The van der Waals surface area contributed by atoms with Crippen molar-refractivity contribution in [1.82, 2.24) is 9.97 Å². The highest BCUT2D eigenvalue weighted by Gasteiger charge is 2.12. The number of ether oxygens (including phenoxy) is 1. The van der Waals surface area contributed by atoms with Gasteiger partial charge in [0.2, 0.25) is 5.95 Å². The molecule has 0 unspecified atom stereocenters. The molecule has 2 aromatic rings. The molecule has 106 valence electrons. The maximum atomic E-state index is 5.70. The van der Waals surface area contributed by atoms with Gasteiger partial charge in [0.15, 0.2) is 0 Å². The van der Waals surface area contributed by atoms with Gasteiger partial charge in [-0.15, -0.1) is 0 Å².